The van der Waals surface area contributed by atoms with Crippen LogP contribution in [-0.2, 0) is 22.7 Å². The first-order valence-corrected chi connectivity index (χ1v) is 6.78. The lowest BCUT2D eigenvalue weighted by molar-refractivity contribution is -0.144. The first-order valence-electron chi connectivity index (χ1n) is 6.78. The van der Waals surface area contributed by atoms with Gasteiger partial charge in [0.1, 0.15) is 5.52 Å². The first kappa shape index (κ1) is 14.0. The van der Waals surface area contributed by atoms with E-state index in [4.69, 9.17) is 10.5 Å². The van der Waals surface area contributed by atoms with Crippen molar-refractivity contribution in [1.29, 1.82) is 0 Å². The fraction of sp³-hybridized carbons (Fsp3) is 0.200. The summed E-state index contributed by atoms with van der Waals surface area (Å²) >= 11 is 0. The zero-order valence-electron chi connectivity index (χ0n) is 12.1. The molecular formula is C15H15N5O2. The Labute approximate surface area is 126 Å². The molecule has 22 heavy (non-hydrogen) atoms. The van der Waals surface area contributed by atoms with Gasteiger partial charge in [0.15, 0.2) is 12.4 Å². The number of aromatic nitrogens is 4. The zero-order chi connectivity index (χ0) is 15.5. The summed E-state index contributed by atoms with van der Waals surface area (Å²) in [7, 11) is 0. The second kappa shape index (κ2) is 5.80. The van der Waals surface area contributed by atoms with Crippen molar-refractivity contribution in [2.45, 2.75) is 20.1 Å². The van der Waals surface area contributed by atoms with E-state index in [1.165, 1.54) is 6.92 Å². The summed E-state index contributed by atoms with van der Waals surface area (Å²) in [6.45, 7) is 1.40. The number of fused-ring (bicyclic) bond motifs is 1. The smallest absolute Gasteiger partial charge is 0.304 e. The van der Waals surface area contributed by atoms with Gasteiger partial charge in [-0.3, -0.25) is 9.36 Å². The van der Waals surface area contributed by atoms with Gasteiger partial charge < -0.3 is 10.5 Å². The number of benzene rings is 1. The van der Waals surface area contributed by atoms with E-state index in [2.05, 4.69) is 15.0 Å². The maximum Gasteiger partial charge on any atom is 0.304 e. The molecule has 3 rings (SSSR count). The Kier molecular flexibility index (Phi) is 3.69. The Morgan fingerprint density at radius 3 is 2.77 bits per heavy atom. The molecular weight excluding hydrogens is 282 g/mol. The van der Waals surface area contributed by atoms with Crippen molar-refractivity contribution in [3.05, 3.63) is 47.9 Å². The number of nitrogens with zero attached hydrogens (tertiary/aromatic N) is 4. The maximum atomic E-state index is 10.9. The molecule has 0 saturated carbocycles. The summed E-state index contributed by atoms with van der Waals surface area (Å²) in [5.74, 6) is -0.198. The lowest BCUT2D eigenvalue weighted by atomic mass is 10.1. The number of esters is 1. The molecule has 1 aromatic carbocycles. The number of carbonyl (C=O) groups is 1. The number of hydrogen-bond acceptors (Lipinski definition) is 6. The predicted molar refractivity (Wildman–Crippen MR) is 80.7 cm³/mol. The Hall–Kier alpha value is -2.96. The molecule has 0 aliphatic rings. The lowest BCUT2D eigenvalue weighted by Gasteiger charge is -2.06. The largest absolute Gasteiger partial charge is 0.444 e. The number of hydrogen-bond donors (Lipinski definition) is 1. The van der Waals surface area contributed by atoms with Gasteiger partial charge in [0.2, 0.25) is 5.95 Å². The molecule has 0 amide bonds. The van der Waals surface area contributed by atoms with Gasteiger partial charge in [-0.1, -0.05) is 30.3 Å². The number of ether oxygens (including phenoxy) is 1. The minimum absolute atomic E-state index is 0.0487. The Balaban J connectivity index is 1.98. The summed E-state index contributed by atoms with van der Waals surface area (Å²) in [4.78, 5) is 23.7. The minimum Gasteiger partial charge on any atom is -0.444 e. The SMILES string of the molecule is CC(=O)OCn1cnc2c(Cc3ccccc3)nc(N)nc21. The number of nitrogen functional groups attached to an aromatic ring is 1. The van der Waals surface area contributed by atoms with Crippen LogP contribution in [0.4, 0.5) is 5.95 Å². The highest BCUT2D eigenvalue weighted by Gasteiger charge is 2.13. The molecule has 2 heterocycles. The van der Waals surface area contributed by atoms with Gasteiger partial charge in [0.05, 0.1) is 12.0 Å². The molecule has 7 nitrogen and oxygen atoms in total. The maximum absolute atomic E-state index is 10.9. The first-order chi connectivity index (χ1) is 10.6. The molecule has 7 heteroatoms. The average Bonchev–Trinajstić information content (AvgIpc) is 2.89. The Morgan fingerprint density at radius 1 is 1.27 bits per heavy atom. The van der Waals surface area contributed by atoms with Crippen LogP contribution in [0.2, 0.25) is 0 Å². The van der Waals surface area contributed by atoms with Crippen LogP contribution in [0.1, 0.15) is 18.2 Å². The third-order valence-corrected chi connectivity index (χ3v) is 3.17. The highest BCUT2D eigenvalue weighted by Crippen LogP contribution is 2.18. The van der Waals surface area contributed by atoms with Gasteiger partial charge in [-0.2, -0.15) is 4.98 Å². The molecule has 0 radical (unpaired) electrons. The van der Waals surface area contributed by atoms with E-state index in [0.29, 0.717) is 17.6 Å². The topological polar surface area (TPSA) is 95.9 Å². The van der Waals surface area contributed by atoms with Crippen LogP contribution in [0, 0.1) is 0 Å². The van der Waals surface area contributed by atoms with Crippen LogP contribution < -0.4 is 5.73 Å². The molecule has 3 aromatic rings. The standard InChI is InChI=1S/C15H15N5O2/c1-10(21)22-9-20-8-17-13-12(18-15(16)19-14(13)20)7-11-5-3-2-4-6-11/h2-6,8H,7,9H2,1H3,(H2,16,18,19). The molecule has 112 valence electrons. The molecule has 2 aromatic heterocycles. The van der Waals surface area contributed by atoms with Crippen LogP contribution in [0.25, 0.3) is 11.2 Å². The average molecular weight is 297 g/mol. The lowest BCUT2D eigenvalue weighted by Crippen LogP contribution is -2.08. The number of nitrogens with two attached hydrogens (primary N) is 1. The number of imidazole rings is 1. The van der Waals surface area contributed by atoms with Gasteiger partial charge in [0.25, 0.3) is 0 Å². The van der Waals surface area contributed by atoms with E-state index < -0.39 is 0 Å². The number of rotatable bonds is 4. The van der Waals surface area contributed by atoms with E-state index >= 15 is 0 Å². The molecule has 0 atom stereocenters. The van der Waals surface area contributed by atoms with Crippen molar-refractivity contribution in [3.8, 4) is 0 Å². The van der Waals surface area contributed by atoms with E-state index in [1.54, 1.807) is 10.9 Å². The van der Waals surface area contributed by atoms with Crippen molar-refractivity contribution >= 4 is 23.1 Å². The molecule has 0 aliphatic carbocycles. The van der Waals surface area contributed by atoms with Crippen molar-refractivity contribution in [2.75, 3.05) is 5.73 Å². The summed E-state index contributed by atoms with van der Waals surface area (Å²) in [6.07, 6.45) is 2.17. The third-order valence-electron chi connectivity index (χ3n) is 3.17. The third kappa shape index (κ3) is 2.88. The van der Waals surface area contributed by atoms with Gasteiger partial charge in [-0.15, -0.1) is 0 Å². The summed E-state index contributed by atoms with van der Waals surface area (Å²) in [5, 5.41) is 0. The van der Waals surface area contributed by atoms with E-state index in [-0.39, 0.29) is 18.6 Å². The van der Waals surface area contributed by atoms with E-state index in [0.717, 1.165) is 11.3 Å². The molecule has 0 spiro atoms. The molecule has 0 saturated heterocycles. The second-order valence-electron chi connectivity index (χ2n) is 4.84. The van der Waals surface area contributed by atoms with Crippen LogP contribution in [0.15, 0.2) is 36.7 Å². The van der Waals surface area contributed by atoms with Crippen LogP contribution in [0.3, 0.4) is 0 Å². The highest BCUT2D eigenvalue weighted by molar-refractivity contribution is 5.75. The van der Waals surface area contributed by atoms with Gasteiger partial charge in [0, 0.05) is 13.3 Å². The van der Waals surface area contributed by atoms with Gasteiger partial charge in [-0.05, 0) is 5.56 Å². The minimum atomic E-state index is -0.367. The van der Waals surface area contributed by atoms with Gasteiger partial charge in [-0.25, -0.2) is 9.97 Å². The monoisotopic (exact) mass is 297 g/mol. The van der Waals surface area contributed by atoms with Crippen LogP contribution in [-0.4, -0.2) is 25.5 Å². The van der Waals surface area contributed by atoms with Crippen molar-refractivity contribution in [3.63, 3.8) is 0 Å². The van der Waals surface area contributed by atoms with Crippen molar-refractivity contribution < 1.29 is 9.53 Å². The fourth-order valence-corrected chi connectivity index (χ4v) is 2.19. The summed E-state index contributed by atoms with van der Waals surface area (Å²) in [5.41, 5.74) is 8.86. The van der Waals surface area contributed by atoms with Crippen molar-refractivity contribution in [2.24, 2.45) is 0 Å². The highest BCUT2D eigenvalue weighted by atomic mass is 16.5. The molecule has 2 N–H and O–H groups in total. The van der Waals surface area contributed by atoms with Crippen molar-refractivity contribution in [1.82, 2.24) is 19.5 Å². The van der Waals surface area contributed by atoms with Crippen LogP contribution >= 0.6 is 0 Å². The number of carbonyl (C=O) groups excluding carboxylic acids is 1. The molecule has 0 bridgehead atoms. The predicted octanol–water partition coefficient (Wildman–Crippen LogP) is 1.52. The summed E-state index contributed by atoms with van der Waals surface area (Å²) in [6, 6.07) is 9.92. The Morgan fingerprint density at radius 2 is 2.05 bits per heavy atom. The molecule has 0 fully saturated rings. The normalized spacial score (nSPS) is 10.8. The van der Waals surface area contributed by atoms with Crippen LogP contribution in [0.5, 0.6) is 0 Å². The fourth-order valence-electron chi connectivity index (χ4n) is 2.19. The van der Waals surface area contributed by atoms with E-state index in [1.807, 2.05) is 30.3 Å². The number of anilines is 1. The molecule has 0 aliphatic heterocycles. The zero-order valence-corrected chi connectivity index (χ0v) is 12.1. The van der Waals surface area contributed by atoms with E-state index in [9.17, 15) is 4.79 Å². The quantitative estimate of drug-likeness (QED) is 0.733. The van der Waals surface area contributed by atoms with Gasteiger partial charge >= 0.3 is 5.97 Å². The second-order valence-corrected chi connectivity index (χ2v) is 4.84. The molecule has 0 unspecified atom stereocenters. The summed E-state index contributed by atoms with van der Waals surface area (Å²) < 4.78 is 6.60. The Bertz CT molecular complexity index is 813.